The first kappa shape index (κ1) is 10.2. The molecule has 1 atom stereocenters. The molecule has 0 fully saturated rings. The number of rotatable bonds is 3. The molecular formula is C12H18O. The maximum absolute atomic E-state index is 10.2. The number of carbonyl (C=O) groups is 1. The molecule has 0 saturated heterocycles. The number of aldehydes is 1. The van der Waals surface area contributed by atoms with Gasteiger partial charge in [0.15, 0.2) is 0 Å². The zero-order valence-electron chi connectivity index (χ0n) is 8.55. The van der Waals surface area contributed by atoms with Gasteiger partial charge in [-0.05, 0) is 39.0 Å². The second kappa shape index (κ2) is 5.00. The van der Waals surface area contributed by atoms with Crippen LogP contribution in [0.5, 0.6) is 0 Å². The van der Waals surface area contributed by atoms with Crippen molar-refractivity contribution in [1.29, 1.82) is 0 Å². The molecule has 1 rings (SSSR count). The molecule has 1 heteroatoms. The average Bonchev–Trinajstić information content (AvgIpc) is 2.15. The van der Waals surface area contributed by atoms with Crippen LogP contribution in [0.25, 0.3) is 0 Å². The topological polar surface area (TPSA) is 17.1 Å². The minimum atomic E-state index is 0.574. The third kappa shape index (κ3) is 3.17. The molecule has 0 N–H and O–H groups in total. The van der Waals surface area contributed by atoms with Crippen molar-refractivity contribution in [1.82, 2.24) is 0 Å². The van der Waals surface area contributed by atoms with Crippen molar-refractivity contribution in [3.63, 3.8) is 0 Å². The van der Waals surface area contributed by atoms with E-state index in [0.29, 0.717) is 12.3 Å². The molecule has 0 aromatic heterocycles. The number of hydrogen-bond donors (Lipinski definition) is 0. The van der Waals surface area contributed by atoms with Gasteiger partial charge in [0.05, 0.1) is 0 Å². The summed E-state index contributed by atoms with van der Waals surface area (Å²) in [4.78, 5) is 10.2. The largest absolute Gasteiger partial charge is 0.303 e. The van der Waals surface area contributed by atoms with Gasteiger partial charge in [0.25, 0.3) is 0 Å². The Morgan fingerprint density at radius 2 is 2.46 bits per heavy atom. The summed E-state index contributed by atoms with van der Waals surface area (Å²) in [5.74, 6) is 0.684. The standard InChI is InChI=1S/C12H18O/c1-10-5-7-12(8-6-10)11(2)4-3-9-13/h4-5,9,12H,3,6-8H2,1-2H3/b11-4+. The van der Waals surface area contributed by atoms with Crippen molar-refractivity contribution >= 4 is 6.29 Å². The average molecular weight is 178 g/mol. The van der Waals surface area contributed by atoms with Crippen LogP contribution in [0.1, 0.15) is 39.5 Å². The third-order valence-corrected chi connectivity index (χ3v) is 2.82. The molecule has 1 unspecified atom stereocenters. The van der Waals surface area contributed by atoms with Crippen LogP contribution in [0.2, 0.25) is 0 Å². The third-order valence-electron chi connectivity index (χ3n) is 2.82. The van der Waals surface area contributed by atoms with Crippen LogP contribution in [0.3, 0.4) is 0 Å². The SMILES string of the molecule is CC1=CCC(/C(C)=C/CC=O)CC1. The van der Waals surface area contributed by atoms with E-state index >= 15 is 0 Å². The normalized spacial score (nSPS) is 24.0. The molecular weight excluding hydrogens is 160 g/mol. The molecule has 1 nitrogen and oxygen atoms in total. The summed E-state index contributed by atoms with van der Waals surface area (Å²) in [5, 5.41) is 0. The van der Waals surface area contributed by atoms with E-state index in [0.717, 1.165) is 12.7 Å². The van der Waals surface area contributed by atoms with Crippen LogP contribution >= 0.6 is 0 Å². The van der Waals surface area contributed by atoms with E-state index in [1.807, 2.05) is 0 Å². The van der Waals surface area contributed by atoms with E-state index in [9.17, 15) is 4.79 Å². The van der Waals surface area contributed by atoms with Gasteiger partial charge >= 0.3 is 0 Å². The Kier molecular flexibility index (Phi) is 3.94. The van der Waals surface area contributed by atoms with Crippen LogP contribution in [0, 0.1) is 5.92 Å². The Hall–Kier alpha value is -0.850. The van der Waals surface area contributed by atoms with Gasteiger partial charge in [0.1, 0.15) is 6.29 Å². The summed E-state index contributed by atoms with van der Waals surface area (Å²) >= 11 is 0. The first-order valence-corrected chi connectivity index (χ1v) is 5.00. The number of hydrogen-bond acceptors (Lipinski definition) is 1. The van der Waals surface area contributed by atoms with Gasteiger partial charge in [0, 0.05) is 6.42 Å². The second-order valence-electron chi connectivity index (χ2n) is 3.87. The van der Waals surface area contributed by atoms with Crippen LogP contribution in [0.15, 0.2) is 23.3 Å². The molecule has 0 radical (unpaired) electrons. The van der Waals surface area contributed by atoms with E-state index < -0.39 is 0 Å². The van der Waals surface area contributed by atoms with Crippen molar-refractivity contribution in [3.05, 3.63) is 23.3 Å². The van der Waals surface area contributed by atoms with E-state index in [1.165, 1.54) is 24.0 Å². The monoisotopic (exact) mass is 178 g/mol. The Balaban J connectivity index is 2.49. The maximum Gasteiger partial charge on any atom is 0.123 e. The summed E-state index contributed by atoms with van der Waals surface area (Å²) in [5.41, 5.74) is 2.90. The molecule has 0 heterocycles. The molecule has 72 valence electrons. The number of carbonyl (C=O) groups excluding carboxylic acids is 1. The van der Waals surface area contributed by atoms with Crippen molar-refractivity contribution in [3.8, 4) is 0 Å². The highest BCUT2D eigenvalue weighted by atomic mass is 16.1. The van der Waals surface area contributed by atoms with Gasteiger partial charge in [-0.15, -0.1) is 0 Å². The van der Waals surface area contributed by atoms with Crippen LogP contribution in [0.4, 0.5) is 0 Å². The predicted molar refractivity (Wildman–Crippen MR) is 55.5 cm³/mol. The molecule has 1 aliphatic rings. The van der Waals surface area contributed by atoms with Gasteiger partial charge in [0.2, 0.25) is 0 Å². The first-order chi connectivity index (χ1) is 6.24. The highest BCUT2D eigenvalue weighted by Gasteiger charge is 2.13. The van der Waals surface area contributed by atoms with Crippen LogP contribution in [-0.2, 0) is 4.79 Å². The summed E-state index contributed by atoms with van der Waals surface area (Å²) in [6.07, 6.45) is 9.56. The molecule has 0 spiro atoms. The summed E-state index contributed by atoms with van der Waals surface area (Å²) in [6, 6.07) is 0. The molecule has 0 aromatic carbocycles. The Labute approximate surface area is 80.5 Å². The Bertz CT molecular complexity index is 236. The lowest BCUT2D eigenvalue weighted by molar-refractivity contribution is -0.107. The van der Waals surface area contributed by atoms with Gasteiger partial charge < -0.3 is 4.79 Å². The molecule has 0 aliphatic heterocycles. The van der Waals surface area contributed by atoms with E-state index in [2.05, 4.69) is 26.0 Å². The lowest BCUT2D eigenvalue weighted by Gasteiger charge is -2.21. The van der Waals surface area contributed by atoms with Crippen molar-refractivity contribution < 1.29 is 4.79 Å². The minimum Gasteiger partial charge on any atom is -0.303 e. The fourth-order valence-corrected chi connectivity index (χ4v) is 1.78. The minimum absolute atomic E-state index is 0.574. The first-order valence-electron chi connectivity index (χ1n) is 5.00. The fraction of sp³-hybridized carbons (Fsp3) is 0.583. The second-order valence-corrected chi connectivity index (χ2v) is 3.87. The molecule has 1 aliphatic carbocycles. The van der Waals surface area contributed by atoms with Gasteiger partial charge in [-0.2, -0.15) is 0 Å². The maximum atomic E-state index is 10.2. The smallest absolute Gasteiger partial charge is 0.123 e. The van der Waals surface area contributed by atoms with Crippen molar-refractivity contribution in [2.45, 2.75) is 39.5 Å². The molecule has 0 amide bonds. The lowest BCUT2D eigenvalue weighted by atomic mass is 9.85. The Morgan fingerprint density at radius 1 is 1.69 bits per heavy atom. The highest BCUT2D eigenvalue weighted by molar-refractivity contribution is 5.52. The molecule has 0 saturated carbocycles. The summed E-state index contributed by atoms with van der Waals surface area (Å²) in [7, 11) is 0. The summed E-state index contributed by atoms with van der Waals surface area (Å²) in [6.45, 7) is 4.34. The van der Waals surface area contributed by atoms with E-state index in [4.69, 9.17) is 0 Å². The molecule has 13 heavy (non-hydrogen) atoms. The molecule has 0 bridgehead atoms. The lowest BCUT2D eigenvalue weighted by Crippen LogP contribution is -2.06. The van der Waals surface area contributed by atoms with Crippen molar-refractivity contribution in [2.24, 2.45) is 5.92 Å². The molecule has 0 aromatic rings. The Morgan fingerprint density at radius 3 is 3.00 bits per heavy atom. The van der Waals surface area contributed by atoms with Crippen LogP contribution in [-0.4, -0.2) is 6.29 Å². The van der Waals surface area contributed by atoms with E-state index in [1.54, 1.807) is 0 Å². The number of allylic oxidation sites excluding steroid dienone is 4. The predicted octanol–water partition coefficient (Wildman–Crippen LogP) is 3.27. The van der Waals surface area contributed by atoms with Gasteiger partial charge in [-0.25, -0.2) is 0 Å². The van der Waals surface area contributed by atoms with Gasteiger partial charge in [-0.3, -0.25) is 0 Å². The van der Waals surface area contributed by atoms with Crippen LogP contribution < -0.4 is 0 Å². The quantitative estimate of drug-likeness (QED) is 0.479. The fourth-order valence-electron chi connectivity index (χ4n) is 1.78. The highest BCUT2D eigenvalue weighted by Crippen LogP contribution is 2.28. The summed E-state index contributed by atoms with van der Waals surface area (Å²) < 4.78 is 0. The van der Waals surface area contributed by atoms with Gasteiger partial charge in [-0.1, -0.05) is 23.3 Å². The zero-order valence-corrected chi connectivity index (χ0v) is 8.55. The zero-order chi connectivity index (χ0) is 9.68. The van der Waals surface area contributed by atoms with Crippen molar-refractivity contribution in [2.75, 3.05) is 0 Å². The van der Waals surface area contributed by atoms with E-state index in [-0.39, 0.29) is 0 Å².